The Morgan fingerprint density at radius 2 is 2.17 bits per heavy atom. The standard InChI is InChI=1S/C18H29N3O2/c1-3-7-15(4-2)20-18(22)21-12-9-17(10-13-21)23-14-16-8-5-6-11-19-16/h5-6,8,11,15,17H,3-4,7,9-10,12-14H2,1-2H3,(H,20,22)/t15-/m0/s1. The molecule has 5 nitrogen and oxygen atoms in total. The van der Waals surface area contributed by atoms with Crippen molar-refractivity contribution in [1.82, 2.24) is 15.2 Å². The topological polar surface area (TPSA) is 54.5 Å². The summed E-state index contributed by atoms with van der Waals surface area (Å²) in [5.74, 6) is 0. The van der Waals surface area contributed by atoms with Crippen molar-refractivity contribution in [3.05, 3.63) is 30.1 Å². The Morgan fingerprint density at radius 1 is 1.39 bits per heavy atom. The molecular formula is C18H29N3O2. The third-order valence-corrected chi connectivity index (χ3v) is 4.38. The molecule has 2 heterocycles. The van der Waals surface area contributed by atoms with Crippen LogP contribution in [0.2, 0.25) is 0 Å². The summed E-state index contributed by atoms with van der Waals surface area (Å²) in [5, 5.41) is 3.15. The Morgan fingerprint density at radius 3 is 2.78 bits per heavy atom. The molecule has 1 aromatic heterocycles. The van der Waals surface area contributed by atoms with E-state index in [1.54, 1.807) is 6.20 Å². The van der Waals surface area contributed by atoms with E-state index in [1.807, 2.05) is 23.1 Å². The number of nitrogens with one attached hydrogen (secondary N) is 1. The Balaban J connectivity index is 1.69. The molecule has 1 aromatic rings. The van der Waals surface area contributed by atoms with Crippen molar-refractivity contribution in [3.8, 4) is 0 Å². The molecule has 0 aliphatic carbocycles. The van der Waals surface area contributed by atoms with Crippen molar-refractivity contribution < 1.29 is 9.53 Å². The quantitative estimate of drug-likeness (QED) is 0.838. The van der Waals surface area contributed by atoms with Gasteiger partial charge in [-0.1, -0.05) is 26.3 Å². The fourth-order valence-electron chi connectivity index (χ4n) is 2.91. The van der Waals surface area contributed by atoms with Gasteiger partial charge in [-0.3, -0.25) is 4.98 Å². The van der Waals surface area contributed by atoms with Crippen molar-refractivity contribution in [2.45, 2.75) is 64.7 Å². The maximum absolute atomic E-state index is 12.3. The van der Waals surface area contributed by atoms with Crippen molar-refractivity contribution in [2.75, 3.05) is 13.1 Å². The highest BCUT2D eigenvalue weighted by Crippen LogP contribution is 2.15. The van der Waals surface area contributed by atoms with Gasteiger partial charge in [-0.25, -0.2) is 4.79 Å². The van der Waals surface area contributed by atoms with Crippen LogP contribution in [0, 0.1) is 0 Å². The van der Waals surface area contributed by atoms with E-state index in [4.69, 9.17) is 4.74 Å². The molecule has 0 unspecified atom stereocenters. The number of urea groups is 1. The number of ether oxygens (including phenoxy) is 1. The molecule has 1 aliphatic rings. The summed E-state index contributed by atoms with van der Waals surface area (Å²) in [7, 11) is 0. The summed E-state index contributed by atoms with van der Waals surface area (Å²) < 4.78 is 5.92. The molecule has 0 radical (unpaired) electrons. The lowest BCUT2D eigenvalue weighted by Gasteiger charge is -2.33. The van der Waals surface area contributed by atoms with Crippen molar-refractivity contribution >= 4 is 6.03 Å². The number of likely N-dealkylation sites (tertiary alicyclic amines) is 1. The van der Waals surface area contributed by atoms with E-state index >= 15 is 0 Å². The smallest absolute Gasteiger partial charge is 0.317 e. The van der Waals surface area contributed by atoms with Crippen LogP contribution in [0.3, 0.4) is 0 Å². The van der Waals surface area contributed by atoms with E-state index in [9.17, 15) is 4.79 Å². The number of carbonyl (C=O) groups is 1. The van der Waals surface area contributed by atoms with Crippen molar-refractivity contribution in [2.24, 2.45) is 0 Å². The molecule has 1 atom stereocenters. The molecule has 1 saturated heterocycles. The van der Waals surface area contributed by atoms with E-state index in [0.29, 0.717) is 12.6 Å². The number of amides is 2. The van der Waals surface area contributed by atoms with Crippen LogP contribution in [0.4, 0.5) is 4.79 Å². The highest BCUT2D eigenvalue weighted by molar-refractivity contribution is 5.74. The minimum Gasteiger partial charge on any atom is -0.372 e. The normalized spacial score (nSPS) is 17.0. The molecule has 2 amide bonds. The maximum Gasteiger partial charge on any atom is 0.317 e. The second-order valence-corrected chi connectivity index (χ2v) is 6.16. The maximum atomic E-state index is 12.3. The van der Waals surface area contributed by atoms with Crippen molar-refractivity contribution in [1.29, 1.82) is 0 Å². The molecule has 1 N–H and O–H groups in total. The van der Waals surface area contributed by atoms with Gasteiger partial charge in [0, 0.05) is 25.3 Å². The predicted octanol–water partition coefficient (Wildman–Crippen LogP) is 3.35. The zero-order valence-electron chi connectivity index (χ0n) is 14.3. The van der Waals surface area contributed by atoms with Crippen LogP contribution in [-0.2, 0) is 11.3 Å². The van der Waals surface area contributed by atoms with E-state index in [1.165, 1.54) is 0 Å². The molecule has 1 aliphatic heterocycles. The predicted molar refractivity (Wildman–Crippen MR) is 91.1 cm³/mol. The monoisotopic (exact) mass is 319 g/mol. The van der Waals surface area contributed by atoms with Gasteiger partial charge in [-0.05, 0) is 37.8 Å². The van der Waals surface area contributed by atoms with Gasteiger partial charge in [0.25, 0.3) is 0 Å². The zero-order chi connectivity index (χ0) is 16.5. The summed E-state index contributed by atoms with van der Waals surface area (Å²) in [6.07, 6.45) is 6.93. The minimum atomic E-state index is 0.0773. The molecule has 2 rings (SSSR count). The molecule has 0 bridgehead atoms. The second kappa shape index (κ2) is 9.50. The van der Waals surface area contributed by atoms with Crippen molar-refractivity contribution in [3.63, 3.8) is 0 Å². The van der Waals surface area contributed by atoms with Gasteiger partial charge in [0.15, 0.2) is 0 Å². The molecular weight excluding hydrogens is 290 g/mol. The highest BCUT2D eigenvalue weighted by Gasteiger charge is 2.24. The number of nitrogens with zero attached hydrogens (tertiary/aromatic N) is 2. The zero-order valence-corrected chi connectivity index (χ0v) is 14.3. The summed E-state index contributed by atoms with van der Waals surface area (Å²) in [5.41, 5.74) is 0.957. The second-order valence-electron chi connectivity index (χ2n) is 6.16. The first-order chi connectivity index (χ1) is 11.2. The number of carbonyl (C=O) groups excluding carboxylic acids is 1. The average molecular weight is 319 g/mol. The van der Waals surface area contributed by atoms with E-state index in [-0.39, 0.29) is 12.1 Å². The molecule has 5 heteroatoms. The average Bonchev–Trinajstić information content (AvgIpc) is 2.60. The first kappa shape index (κ1) is 17.7. The van der Waals surface area contributed by atoms with Crippen LogP contribution < -0.4 is 5.32 Å². The Kier molecular flexibility index (Phi) is 7.33. The molecule has 128 valence electrons. The van der Waals surface area contributed by atoms with Crippen LogP contribution in [0.15, 0.2) is 24.4 Å². The Labute approximate surface area is 139 Å². The minimum absolute atomic E-state index is 0.0773. The van der Waals surface area contributed by atoms with Gasteiger partial charge >= 0.3 is 6.03 Å². The third-order valence-electron chi connectivity index (χ3n) is 4.38. The number of pyridine rings is 1. The van der Waals surface area contributed by atoms with Gasteiger partial charge in [0.05, 0.1) is 18.4 Å². The summed E-state index contributed by atoms with van der Waals surface area (Å²) in [4.78, 5) is 18.5. The highest BCUT2D eigenvalue weighted by atomic mass is 16.5. The van der Waals surface area contributed by atoms with Crippen LogP contribution in [-0.4, -0.2) is 41.2 Å². The number of rotatable bonds is 7. The first-order valence-electron chi connectivity index (χ1n) is 8.79. The summed E-state index contributed by atoms with van der Waals surface area (Å²) in [6, 6.07) is 6.22. The Hall–Kier alpha value is -1.62. The van der Waals surface area contributed by atoms with Gasteiger partial charge in [-0.15, -0.1) is 0 Å². The van der Waals surface area contributed by atoms with Crippen LogP contribution >= 0.6 is 0 Å². The SMILES string of the molecule is CCC[C@H](CC)NC(=O)N1CCC(OCc2ccccn2)CC1. The summed E-state index contributed by atoms with van der Waals surface area (Å²) >= 11 is 0. The van der Waals surface area contributed by atoms with Crippen LogP contribution in [0.5, 0.6) is 0 Å². The number of piperidine rings is 1. The van der Waals surface area contributed by atoms with Crippen LogP contribution in [0.1, 0.15) is 51.6 Å². The van der Waals surface area contributed by atoms with Crippen LogP contribution in [0.25, 0.3) is 0 Å². The lowest BCUT2D eigenvalue weighted by atomic mass is 10.1. The van der Waals surface area contributed by atoms with Gasteiger partial charge in [0.1, 0.15) is 0 Å². The van der Waals surface area contributed by atoms with E-state index in [2.05, 4.69) is 24.1 Å². The molecule has 1 fully saturated rings. The lowest BCUT2D eigenvalue weighted by Crippen LogP contribution is -2.48. The molecule has 0 aromatic carbocycles. The van der Waals surface area contributed by atoms with E-state index < -0.39 is 0 Å². The number of aromatic nitrogens is 1. The largest absolute Gasteiger partial charge is 0.372 e. The fraction of sp³-hybridized carbons (Fsp3) is 0.667. The first-order valence-corrected chi connectivity index (χ1v) is 8.79. The number of hydrogen-bond acceptors (Lipinski definition) is 3. The Bertz CT molecular complexity index is 459. The van der Waals surface area contributed by atoms with Gasteiger partial charge in [-0.2, -0.15) is 0 Å². The van der Waals surface area contributed by atoms with E-state index in [0.717, 1.165) is 50.9 Å². The lowest BCUT2D eigenvalue weighted by molar-refractivity contribution is 0.00287. The van der Waals surface area contributed by atoms with Gasteiger partial charge < -0.3 is 15.0 Å². The molecule has 23 heavy (non-hydrogen) atoms. The number of hydrogen-bond donors (Lipinski definition) is 1. The molecule has 0 saturated carbocycles. The fourth-order valence-corrected chi connectivity index (χ4v) is 2.91. The third kappa shape index (κ3) is 5.82. The van der Waals surface area contributed by atoms with Gasteiger partial charge in [0.2, 0.25) is 0 Å². The molecule has 0 spiro atoms. The summed E-state index contributed by atoms with van der Waals surface area (Å²) in [6.45, 7) is 6.35.